The molecule has 0 fully saturated rings. The van der Waals surface area contributed by atoms with Crippen LogP contribution in [-0.4, -0.2) is 41.0 Å². The lowest BCUT2D eigenvalue weighted by Crippen LogP contribution is -2.49. The van der Waals surface area contributed by atoms with Gasteiger partial charge in [-0.3, -0.25) is 4.79 Å². The molecule has 0 unspecified atom stereocenters. The lowest BCUT2D eigenvalue weighted by Gasteiger charge is -2.27. The number of hydrogen-bond acceptors (Lipinski definition) is 8. The second kappa shape index (κ2) is 10.7. The first-order valence-electron chi connectivity index (χ1n) is 8.75. The van der Waals surface area contributed by atoms with Gasteiger partial charge in [0.1, 0.15) is 16.0 Å². The van der Waals surface area contributed by atoms with E-state index < -0.39 is 27.8 Å². The first kappa shape index (κ1) is 24.7. The SMILES string of the molecule is CCOC(=O)c1sc(N[C@@H](NC(=O)c2cccs2)C(Cl)(Cl)Cl)c(C(=O)OCC)c1C. The van der Waals surface area contributed by atoms with Crippen LogP contribution in [0.15, 0.2) is 17.5 Å². The molecule has 0 aromatic carbocycles. The molecule has 0 aliphatic carbocycles. The summed E-state index contributed by atoms with van der Waals surface area (Å²) in [7, 11) is 0. The Morgan fingerprint density at radius 2 is 1.77 bits per heavy atom. The van der Waals surface area contributed by atoms with Crippen molar-refractivity contribution in [2.24, 2.45) is 0 Å². The van der Waals surface area contributed by atoms with Crippen LogP contribution < -0.4 is 10.6 Å². The zero-order valence-corrected chi connectivity index (χ0v) is 20.1. The van der Waals surface area contributed by atoms with Crippen molar-refractivity contribution < 1.29 is 23.9 Å². The molecule has 12 heteroatoms. The lowest BCUT2D eigenvalue weighted by atomic mass is 10.1. The van der Waals surface area contributed by atoms with Gasteiger partial charge in [0.05, 0.1) is 23.7 Å². The van der Waals surface area contributed by atoms with E-state index in [1.807, 2.05) is 0 Å². The average molecular weight is 514 g/mol. The van der Waals surface area contributed by atoms with E-state index in [0.29, 0.717) is 10.4 Å². The summed E-state index contributed by atoms with van der Waals surface area (Å²) < 4.78 is 8.18. The summed E-state index contributed by atoms with van der Waals surface area (Å²) >= 11 is 20.3. The van der Waals surface area contributed by atoms with Gasteiger partial charge in [0.2, 0.25) is 3.79 Å². The number of halogens is 3. The Morgan fingerprint density at radius 1 is 1.13 bits per heavy atom. The molecule has 0 spiro atoms. The minimum Gasteiger partial charge on any atom is -0.462 e. The maximum Gasteiger partial charge on any atom is 0.348 e. The average Bonchev–Trinajstić information content (AvgIpc) is 3.29. The molecule has 0 bridgehead atoms. The van der Waals surface area contributed by atoms with E-state index in [0.717, 1.165) is 11.3 Å². The number of hydrogen-bond donors (Lipinski definition) is 2. The molecule has 30 heavy (non-hydrogen) atoms. The van der Waals surface area contributed by atoms with Crippen molar-refractivity contribution in [3.63, 3.8) is 0 Å². The van der Waals surface area contributed by atoms with Gasteiger partial charge in [-0.25, -0.2) is 9.59 Å². The standard InChI is InChI=1S/C18H19Cl3N2O5S2/c1-4-27-15(25)11-9(3)12(16(26)28-5-2)30-14(11)23-17(18(19,20)21)22-13(24)10-7-6-8-29-10/h6-8,17,23H,4-5H2,1-3H3,(H,22,24)/t17-/m1/s1. The van der Waals surface area contributed by atoms with Crippen LogP contribution in [0.25, 0.3) is 0 Å². The molecule has 1 amide bonds. The first-order valence-corrected chi connectivity index (χ1v) is 11.6. The molecule has 2 N–H and O–H groups in total. The van der Waals surface area contributed by atoms with E-state index in [1.165, 1.54) is 11.3 Å². The van der Waals surface area contributed by atoms with Crippen LogP contribution in [0.5, 0.6) is 0 Å². The summed E-state index contributed by atoms with van der Waals surface area (Å²) in [4.78, 5) is 37.9. The Bertz CT molecular complexity index is 910. The minimum atomic E-state index is -1.97. The third-order valence-electron chi connectivity index (χ3n) is 3.71. The number of carbonyl (C=O) groups excluding carboxylic acids is 3. The van der Waals surface area contributed by atoms with Crippen LogP contribution in [0, 0.1) is 6.92 Å². The molecule has 2 heterocycles. The number of carbonyl (C=O) groups is 3. The van der Waals surface area contributed by atoms with E-state index in [9.17, 15) is 14.4 Å². The Labute approximate surface area is 196 Å². The number of amides is 1. The zero-order valence-electron chi connectivity index (χ0n) is 16.2. The third kappa shape index (κ3) is 6.01. The quantitative estimate of drug-likeness (QED) is 0.293. The number of ether oxygens (including phenoxy) is 2. The topological polar surface area (TPSA) is 93.7 Å². The maximum absolute atomic E-state index is 12.5. The second-order valence-electron chi connectivity index (χ2n) is 5.77. The van der Waals surface area contributed by atoms with E-state index in [-0.39, 0.29) is 28.7 Å². The summed E-state index contributed by atoms with van der Waals surface area (Å²) in [5.74, 6) is -1.71. The van der Waals surface area contributed by atoms with Crippen molar-refractivity contribution in [2.45, 2.75) is 30.7 Å². The molecule has 164 valence electrons. The number of nitrogens with one attached hydrogen (secondary N) is 2. The van der Waals surface area contributed by atoms with Gasteiger partial charge in [0.25, 0.3) is 5.91 Å². The minimum absolute atomic E-state index is 0.106. The molecular formula is C18H19Cl3N2O5S2. The summed E-state index contributed by atoms with van der Waals surface area (Å²) in [6.45, 7) is 5.22. The molecule has 0 saturated carbocycles. The van der Waals surface area contributed by atoms with Gasteiger partial charge in [-0.05, 0) is 37.8 Å². The Balaban J connectivity index is 2.42. The fourth-order valence-electron chi connectivity index (χ4n) is 2.40. The van der Waals surface area contributed by atoms with Crippen molar-refractivity contribution in [1.82, 2.24) is 5.32 Å². The highest BCUT2D eigenvalue weighted by Crippen LogP contribution is 2.38. The predicted molar refractivity (Wildman–Crippen MR) is 120 cm³/mol. The number of rotatable bonds is 8. The Morgan fingerprint density at radius 3 is 2.30 bits per heavy atom. The number of esters is 2. The third-order valence-corrected chi connectivity index (χ3v) is 6.44. The molecule has 0 aliphatic rings. The largest absolute Gasteiger partial charge is 0.462 e. The molecule has 2 aromatic heterocycles. The molecule has 0 aliphatic heterocycles. The van der Waals surface area contributed by atoms with Crippen molar-refractivity contribution in [3.8, 4) is 0 Å². The molecule has 0 saturated heterocycles. The fourth-order valence-corrected chi connectivity index (χ4v) is 4.47. The van der Waals surface area contributed by atoms with E-state index >= 15 is 0 Å². The van der Waals surface area contributed by atoms with Crippen LogP contribution in [0.1, 0.15) is 49.1 Å². The van der Waals surface area contributed by atoms with Gasteiger partial charge in [-0.2, -0.15) is 0 Å². The van der Waals surface area contributed by atoms with Crippen LogP contribution in [0.3, 0.4) is 0 Å². The number of alkyl halides is 3. The maximum atomic E-state index is 12.5. The predicted octanol–water partition coefficient (Wildman–Crippen LogP) is 5.01. The van der Waals surface area contributed by atoms with Crippen LogP contribution in [-0.2, 0) is 9.47 Å². The summed E-state index contributed by atoms with van der Waals surface area (Å²) in [5, 5.41) is 7.40. The van der Waals surface area contributed by atoms with Gasteiger partial charge in [0, 0.05) is 0 Å². The van der Waals surface area contributed by atoms with Gasteiger partial charge in [-0.1, -0.05) is 40.9 Å². The lowest BCUT2D eigenvalue weighted by molar-refractivity contribution is 0.0527. The van der Waals surface area contributed by atoms with E-state index in [2.05, 4.69) is 10.6 Å². The molecule has 2 aromatic rings. The normalized spacial score (nSPS) is 12.2. The van der Waals surface area contributed by atoms with Crippen molar-refractivity contribution in [3.05, 3.63) is 38.4 Å². The summed E-state index contributed by atoms with van der Waals surface area (Å²) in [6, 6.07) is 3.33. The second-order valence-corrected chi connectivity index (χ2v) is 10.1. The zero-order chi connectivity index (χ0) is 22.5. The van der Waals surface area contributed by atoms with Gasteiger partial charge >= 0.3 is 11.9 Å². The Kier molecular flexibility index (Phi) is 8.81. The van der Waals surface area contributed by atoms with Crippen molar-refractivity contribution >= 4 is 80.3 Å². The van der Waals surface area contributed by atoms with E-state index in [1.54, 1.807) is 38.3 Å². The molecule has 1 atom stereocenters. The molecular weight excluding hydrogens is 495 g/mol. The summed E-state index contributed by atoms with van der Waals surface area (Å²) in [5.41, 5.74) is 0.474. The number of anilines is 1. The highest BCUT2D eigenvalue weighted by Gasteiger charge is 2.37. The van der Waals surface area contributed by atoms with Gasteiger partial charge < -0.3 is 20.1 Å². The van der Waals surface area contributed by atoms with Crippen LogP contribution in [0.4, 0.5) is 5.00 Å². The van der Waals surface area contributed by atoms with Crippen molar-refractivity contribution in [1.29, 1.82) is 0 Å². The van der Waals surface area contributed by atoms with E-state index in [4.69, 9.17) is 44.3 Å². The van der Waals surface area contributed by atoms with Crippen molar-refractivity contribution in [2.75, 3.05) is 18.5 Å². The Hall–Kier alpha value is -1.52. The fraction of sp³-hybridized carbons (Fsp3) is 0.389. The van der Waals surface area contributed by atoms with Gasteiger partial charge in [-0.15, -0.1) is 22.7 Å². The summed E-state index contributed by atoms with van der Waals surface area (Å²) in [6.07, 6.45) is -1.21. The van der Waals surface area contributed by atoms with Gasteiger partial charge in [0.15, 0.2) is 0 Å². The monoisotopic (exact) mass is 512 g/mol. The van der Waals surface area contributed by atoms with Crippen LogP contribution in [0.2, 0.25) is 0 Å². The number of thiophene rings is 2. The first-order chi connectivity index (χ1) is 14.1. The highest BCUT2D eigenvalue weighted by molar-refractivity contribution is 7.18. The van der Waals surface area contributed by atoms with Crippen LogP contribution >= 0.6 is 57.5 Å². The highest BCUT2D eigenvalue weighted by atomic mass is 35.6. The molecule has 7 nitrogen and oxygen atoms in total. The molecule has 2 rings (SSSR count). The smallest absolute Gasteiger partial charge is 0.348 e. The molecule has 0 radical (unpaired) electrons.